The molecule has 2 aromatic carbocycles. The second-order valence-electron chi connectivity index (χ2n) is 5.43. The van der Waals surface area contributed by atoms with E-state index in [0.29, 0.717) is 34.4 Å². The fourth-order valence-electron chi connectivity index (χ4n) is 2.62. The fourth-order valence-corrected chi connectivity index (χ4v) is 2.83. The van der Waals surface area contributed by atoms with Gasteiger partial charge >= 0.3 is 0 Å². The van der Waals surface area contributed by atoms with Crippen molar-refractivity contribution >= 4 is 35.2 Å². The second kappa shape index (κ2) is 7.49. The molecule has 1 saturated heterocycles. The molecule has 3 rings (SSSR count). The van der Waals surface area contributed by atoms with Gasteiger partial charge in [0.2, 0.25) is 0 Å². The van der Waals surface area contributed by atoms with E-state index in [-0.39, 0.29) is 5.57 Å². The molecule has 0 atom stereocenters. The molecule has 1 heterocycles. The zero-order valence-corrected chi connectivity index (χ0v) is 15.0. The van der Waals surface area contributed by atoms with E-state index in [1.807, 2.05) is 13.0 Å². The van der Waals surface area contributed by atoms with Crippen molar-refractivity contribution in [2.75, 3.05) is 18.7 Å². The summed E-state index contributed by atoms with van der Waals surface area (Å²) in [5, 5.41) is 1.61. The number of hydrogen-bond acceptors (Lipinski definition) is 4. The van der Waals surface area contributed by atoms with Gasteiger partial charge in [-0.2, -0.15) is 0 Å². The number of carbonyl (C=O) groups excluding carboxylic acids is 2. The molecule has 0 spiro atoms. The van der Waals surface area contributed by atoms with Crippen molar-refractivity contribution in [1.82, 2.24) is 5.43 Å². The van der Waals surface area contributed by atoms with Gasteiger partial charge in [0, 0.05) is 16.7 Å². The third-order valence-electron chi connectivity index (χ3n) is 3.76. The highest BCUT2D eigenvalue weighted by Crippen LogP contribution is 2.36. The van der Waals surface area contributed by atoms with Crippen LogP contribution >= 0.6 is 11.6 Å². The summed E-state index contributed by atoms with van der Waals surface area (Å²) in [4.78, 5) is 25.0. The Morgan fingerprint density at radius 1 is 1.19 bits per heavy atom. The van der Waals surface area contributed by atoms with E-state index in [4.69, 9.17) is 21.1 Å². The number of amides is 2. The lowest BCUT2D eigenvalue weighted by Gasteiger charge is -2.14. The summed E-state index contributed by atoms with van der Waals surface area (Å²) in [5.41, 5.74) is 3.60. The van der Waals surface area contributed by atoms with Crippen molar-refractivity contribution in [2.45, 2.75) is 6.92 Å². The van der Waals surface area contributed by atoms with E-state index < -0.39 is 11.8 Å². The maximum atomic E-state index is 12.7. The Balaban J connectivity index is 2.03. The van der Waals surface area contributed by atoms with Gasteiger partial charge in [-0.3, -0.25) is 15.0 Å². The number of nitrogens with zero attached hydrogens (tertiary/aromatic N) is 1. The molecule has 0 radical (unpaired) electrons. The molecular weight excluding hydrogens is 356 g/mol. The van der Waals surface area contributed by atoms with Crippen LogP contribution < -0.4 is 19.9 Å². The predicted molar refractivity (Wildman–Crippen MR) is 99.2 cm³/mol. The lowest BCUT2D eigenvalue weighted by Crippen LogP contribution is -2.35. The van der Waals surface area contributed by atoms with E-state index in [0.717, 1.165) is 0 Å². The van der Waals surface area contributed by atoms with Crippen LogP contribution in [0.1, 0.15) is 12.5 Å². The Kier molecular flexibility index (Phi) is 5.14. The van der Waals surface area contributed by atoms with Gasteiger partial charge in [-0.05, 0) is 31.2 Å². The summed E-state index contributed by atoms with van der Waals surface area (Å²) in [5.74, 6) is -0.106. The largest absolute Gasteiger partial charge is 0.493 e. The highest BCUT2D eigenvalue weighted by Gasteiger charge is 2.34. The minimum Gasteiger partial charge on any atom is -0.493 e. The van der Waals surface area contributed by atoms with Crippen molar-refractivity contribution in [2.24, 2.45) is 0 Å². The number of ether oxygens (including phenoxy) is 2. The number of hydrogen-bond donors (Lipinski definition) is 1. The van der Waals surface area contributed by atoms with Crippen molar-refractivity contribution in [1.29, 1.82) is 0 Å². The van der Waals surface area contributed by atoms with Gasteiger partial charge in [0.25, 0.3) is 11.8 Å². The standard InChI is InChI=1S/C19H17ClN2O4/c1-3-26-17-12(9-13(20)11-16(17)25-2)10-15-18(23)21-22(19(15)24)14-7-5-4-6-8-14/h4-11H,3H2,1-2H3,(H,21,23)/b15-10-. The Morgan fingerprint density at radius 2 is 1.92 bits per heavy atom. The van der Waals surface area contributed by atoms with Gasteiger partial charge < -0.3 is 9.47 Å². The first-order valence-corrected chi connectivity index (χ1v) is 8.35. The van der Waals surface area contributed by atoms with E-state index in [9.17, 15) is 9.59 Å². The molecule has 1 fully saturated rings. The van der Waals surface area contributed by atoms with Gasteiger partial charge in [0.05, 0.1) is 19.4 Å². The van der Waals surface area contributed by atoms with Gasteiger partial charge in [0.15, 0.2) is 11.5 Å². The Morgan fingerprint density at radius 3 is 2.58 bits per heavy atom. The smallest absolute Gasteiger partial charge is 0.282 e. The van der Waals surface area contributed by atoms with Crippen molar-refractivity contribution in [3.63, 3.8) is 0 Å². The van der Waals surface area contributed by atoms with E-state index in [2.05, 4.69) is 5.43 Å². The van der Waals surface area contributed by atoms with Gasteiger partial charge in [0.1, 0.15) is 5.57 Å². The minimum atomic E-state index is -0.500. The van der Waals surface area contributed by atoms with E-state index in [1.54, 1.807) is 36.4 Å². The monoisotopic (exact) mass is 372 g/mol. The highest BCUT2D eigenvalue weighted by atomic mass is 35.5. The summed E-state index contributed by atoms with van der Waals surface area (Å²) in [6.07, 6.45) is 1.46. The number of carbonyl (C=O) groups is 2. The average molecular weight is 373 g/mol. The average Bonchev–Trinajstić information content (AvgIpc) is 2.92. The van der Waals surface area contributed by atoms with Crippen LogP contribution in [0.5, 0.6) is 11.5 Å². The molecule has 0 saturated carbocycles. The Hall–Kier alpha value is -2.99. The summed E-state index contributed by atoms with van der Waals surface area (Å²) in [6, 6.07) is 12.1. The second-order valence-corrected chi connectivity index (χ2v) is 5.87. The summed E-state index contributed by atoms with van der Waals surface area (Å²) in [6.45, 7) is 2.22. The molecule has 0 unspecified atom stereocenters. The third-order valence-corrected chi connectivity index (χ3v) is 3.98. The molecule has 6 nitrogen and oxygen atoms in total. The van der Waals surface area contributed by atoms with Crippen molar-refractivity contribution < 1.29 is 19.1 Å². The molecule has 1 aliphatic rings. The number of benzene rings is 2. The van der Waals surface area contributed by atoms with Crippen LogP contribution in [0.4, 0.5) is 5.69 Å². The first-order valence-electron chi connectivity index (χ1n) is 7.97. The minimum absolute atomic E-state index is 0.0147. The topological polar surface area (TPSA) is 67.9 Å². The number of anilines is 1. The molecule has 2 amide bonds. The summed E-state index contributed by atoms with van der Waals surface area (Å²) in [7, 11) is 1.50. The molecule has 0 aliphatic carbocycles. The van der Waals surface area contributed by atoms with Gasteiger partial charge in [-0.25, -0.2) is 5.01 Å². The number of methoxy groups -OCH3 is 1. The maximum Gasteiger partial charge on any atom is 0.282 e. The quantitative estimate of drug-likeness (QED) is 0.646. The predicted octanol–water partition coefficient (Wildman–Crippen LogP) is 3.21. The van der Waals surface area contributed by atoms with Crippen LogP contribution in [-0.2, 0) is 9.59 Å². The lowest BCUT2D eigenvalue weighted by molar-refractivity contribution is -0.117. The van der Waals surface area contributed by atoms with E-state index >= 15 is 0 Å². The SMILES string of the molecule is CCOc1c(/C=C2/C(=O)NN(c3ccccc3)C2=O)cc(Cl)cc1OC. The third kappa shape index (κ3) is 3.36. The molecule has 0 bridgehead atoms. The van der Waals surface area contributed by atoms with Crippen LogP contribution in [0, 0.1) is 0 Å². The normalized spacial score (nSPS) is 15.3. The van der Waals surface area contributed by atoms with E-state index in [1.165, 1.54) is 18.2 Å². The summed E-state index contributed by atoms with van der Waals surface area (Å²) >= 11 is 6.12. The summed E-state index contributed by atoms with van der Waals surface area (Å²) < 4.78 is 10.9. The zero-order chi connectivity index (χ0) is 18.7. The molecule has 2 aromatic rings. The van der Waals surface area contributed by atoms with Gasteiger partial charge in [-0.1, -0.05) is 29.8 Å². The fraction of sp³-hybridized carbons (Fsp3) is 0.158. The first kappa shape index (κ1) is 17.8. The van der Waals surface area contributed by atoms with Crippen molar-refractivity contribution in [3.05, 3.63) is 58.6 Å². The number of halogens is 1. The molecule has 1 aliphatic heterocycles. The highest BCUT2D eigenvalue weighted by molar-refractivity contribution is 6.32. The van der Waals surface area contributed by atoms with Crippen LogP contribution in [-0.4, -0.2) is 25.5 Å². The zero-order valence-electron chi connectivity index (χ0n) is 14.3. The van der Waals surface area contributed by atoms with Crippen LogP contribution in [0.25, 0.3) is 6.08 Å². The molecule has 0 aromatic heterocycles. The van der Waals surface area contributed by atoms with Crippen LogP contribution in [0.15, 0.2) is 48.0 Å². The van der Waals surface area contributed by atoms with Gasteiger partial charge in [-0.15, -0.1) is 0 Å². The number of nitrogens with one attached hydrogen (secondary N) is 1. The first-order chi connectivity index (χ1) is 12.5. The molecule has 26 heavy (non-hydrogen) atoms. The molecule has 134 valence electrons. The van der Waals surface area contributed by atoms with Crippen LogP contribution in [0.3, 0.4) is 0 Å². The number of hydrazine groups is 1. The number of para-hydroxylation sites is 1. The number of rotatable bonds is 5. The maximum absolute atomic E-state index is 12.7. The lowest BCUT2D eigenvalue weighted by atomic mass is 10.1. The Labute approximate surface area is 155 Å². The molecule has 7 heteroatoms. The van der Waals surface area contributed by atoms with Crippen LogP contribution in [0.2, 0.25) is 5.02 Å². The molecular formula is C19H17ClN2O4. The van der Waals surface area contributed by atoms with Crippen molar-refractivity contribution in [3.8, 4) is 11.5 Å². The molecule has 1 N–H and O–H groups in total. The Bertz CT molecular complexity index is 881.